The first-order valence-electron chi connectivity index (χ1n) is 6.84. The Morgan fingerprint density at radius 1 is 1.09 bits per heavy atom. The number of hydrogen-bond acceptors (Lipinski definition) is 3. The zero-order chi connectivity index (χ0) is 15.9. The molecule has 0 bridgehead atoms. The Bertz CT molecular complexity index is 833. The standard InChI is InChI=1S/C16H15NO4S.Na.H/c1-11(22(19,20)21)12-6-8-14(9-7-12)17-10-13-4-2-3-5-15(13)16(17)18;;/h2-9,11H,10H2,1H3,(H,19,20,21);;. The van der Waals surface area contributed by atoms with E-state index in [0.717, 1.165) is 5.56 Å². The number of anilines is 1. The van der Waals surface area contributed by atoms with E-state index in [2.05, 4.69) is 0 Å². The number of nitrogens with zero attached hydrogens (tertiary/aromatic N) is 1. The van der Waals surface area contributed by atoms with Gasteiger partial charge in [0.05, 0.1) is 6.54 Å². The Hall–Kier alpha value is -1.18. The molecule has 1 unspecified atom stereocenters. The Morgan fingerprint density at radius 3 is 2.26 bits per heavy atom. The van der Waals surface area contributed by atoms with Crippen molar-refractivity contribution in [3.05, 3.63) is 65.2 Å². The molecule has 116 valence electrons. The summed E-state index contributed by atoms with van der Waals surface area (Å²) in [7, 11) is -4.12. The predicted molar refractivity (Wildman–Crippen MR) is 90.5 cm³/mol. The van der Waals surface area contributed by atoms with Gasteiger partial charge in [0.1, 0.15) is 5.25 Å². The molecule has 1 aliphatic heterocycles. The Morgan fingerprint density at radius 2 is 1.70 bits per heavy atom. The molecule has 1 N–H and O–H groups in total. The molecule has 0 aliphatic carbocycles. The summed E-state index contributed by atoms with van der Waals surface area (Å²) in [6.45, 7) is 1.92. The van der Waals surface area contributed by atoms with Crippen LogP contribution in [0.3, 0.4) is 0 Å². The second-order valence-electron chi connectivity index (χ2n) is 5.30. The maximum absolute atomic E-state index is 12.4. The fourth-order valence-corrected chi connectivity index (χ4v) is 3.06. The summed E-state index contributed by atoms with van der Waals surface area (Å²) in [4.78, 5) is 14.0. The average Bonchev–Trinajstić information content (AvgIpc) is 2.83. The minimum absolute atomic E-state index is 0. The average molecular weight is 341 g/mol. The van der Waals surface area contributed by atoms with E-state index in [1.54, 1.807) is 35.2 Å². The first kappa shape index (κ1) is 18.2. The Balaban J connectivity index is 0.00000192. The monoisotopic (exact) mass is 341 g/mol. The van der Waals surface area contributed by atoms with Gasteiger partial charge >= 0.3 is 29.6 Å². The Labute approximate surface area is 157 Å². The van der Waals surface area contributed by atoms with Crippen LogP contribution in [-0.4, -0.2) is 48.4 Å². The number of carbonyl (C=O) groups excluding carboxylic acids is 1. The van der Waals surface area contributed by atoms with Crippen molar-refractivity contribution in [3.63, 3.8) is 0 Å². The number of fused-ring (bicyclic) bond motifs is 1. The topological polar surface area (TPSA) is 74.7 Å². The van der Waals surface area contributed by atoms with Gasteiger partial charge in [0.2, 0.25) is 0 Å². The zero-order valence-electron chi connectivity index (χ0n) is 11.9. The third-order valence-corrected chi connectivity index (χ3v) is 5.11. The molecule has 0 saturated carbocycles. The summed E-state index contributed by atoms with van der Waals surface area (Å²) in [5.41, 5.74) is 2.85. The van der Waals surface area contributed by atoms with Crippen LogP contribution in [-0.2, 0) is 16.7 Å². The molecule has 2 aromatic carbocycles. The molecule has 0 fully saturated rings. The van der Waals surface area contributed by atoms with Gasteiger partial charge in [-0.25, -0.2) is 0 Å². The Kier molecular flexibility index (Phi) is 5.33. The van der Waals surface area contributed by atoms with Crippen LogP contribution in [0.25, 0.3) is 0 Å². The summed E-state index contributed by atoms with van der Waals surface area (Å²) in [5.74, 6) is -0.0637. The molecule has 1 aliphatic rings. The molecule has 2 aromatic rings. The summed E-state index contributed by atoms with van der Waals surface area (Å²) in [6, 6.07) is 14.1. The zero-order valence-corrected chi connectivity index (χ0v) is 12.7. The third kappa shape index (κ3) is 3.51. The minimum atomic E-state index is -4.12. The molecule has 1 atom stereocenters. The fourth-order valence-electron chi connectivity index (χ4n) is 2.56. The molecule has 5 nitrogen and oxygen atoms in total. The molecule has 23 heavy (non-hydrogen) atoms. The van der Waals surface area contributed by atoms with Gasteiger partial charge in [-0.15, -0.1) is 0 Å². The van der Waals surface area contributed by atoms with Crippen molar-refractivity contribution >= 4 is 51.3 Å². The first-order valence-corrected chi connectivity index (χ1v) is 8.34. The number of benzene rings is 2. The van der Waals surface area contributed by atoms with Crippen LogP contribution in [0.1, 0.15) is 33.7 Å². The molecule has 3 rings (SSSR count). The maximum atomic E-state index is 12.4. The summed E-state index contributed by atoms with van der Waals surface area (Å²) < 4.78 is 31.4. The van der Waals surface area contributed by atoms with Crippen molar-refractivity contribution in [2.75, 3.05) is 4.90 Å². The third-order valence-electron chi connectivity index (χ3n) is 3.94. The summed E-state index contributed by atoms with van der Waals surface area (Å²) in [6.07, 6.45) is 0. The van der Waals surface area contributed by atoms with E-state index >= 15 is 0 Å². The molecule has 0 aromatic heterocycles. The van der Waals surface area contributed by atoms with Gasteiger partial charge in [-0.2, -0.15) is 8.42 Å². The molecular weight excluding hydrogens is 325 g/mol. The van der Waals surface area contributed by atoms with Crippen LogP contribution >= 0.6 is 0 Å². The first-order chi connectivity index (χ1) is 10.4. The molecule has 1 amide bonds. The number of hydrogen-bond donors (Lipinski definition) is 1. The van der Waals surface area contributed by atoms with E-state index < -0.39 is 15.4 Å². The van der Waals surface area contributed by atoms with E-state index in [4.69, 9.17) is 4.55 Å². The van der Waals surface area contributed by atoms with Crippen LogP contribution in [0.4, 0.5) is 5.69 Å². The van der Waals surface area contributed by atoms with Crippen LogP contribution in [0, 0.1) is 0 Å². The van der Waals surface area contributed by atoms with E-state index in [1.807, 2.05) is 18.2 Å². The summed E-state index contributed by atoms with van der Waals surface area (Å²) in [5, 5.41) is -0.993. The van der Waals surface area contributed by atoms with Crippen LogP contribution in [0.15, 0.2) is 48.5 Å². The van der Waals surface area contributed by atoms with Crippen LogP contribution in [0.5, 0.6) is 0 Å². The normalized spacial score (nSPS) is 15.0. The van der Waals surface area contributed by atoms with Gasteiger partial charge < -0.3 is 4.90 Å². The number of rotatable bonds is 3. The molecule has 0 saturated heterocycles. The van der Waals surface area contributed by atoms with Gasteiger partial charge in [-0.1, -0.05) is 30.3 Å². The number of carbonyl (C=O) groups is 1. The van der Waals surface area contributed by atoms with Gasteiger partial charge in [-0.05, 0) is 36.2 Å². The van der Waals surface area contributed by atoms with E-state index in [0.29, 0.717) is 23.4 Å². The van der Waals surface area contributed by atoms with Crippen molar-refractivity contribution in [2.24, 2.45) is 0 Å². The SMILES string of the molecule is CC(c1ccc(N2Cc3ccccc3C2=O)cc1)S(=O)(=O)O.[NaH]. The van der Waals surface area contributed by atoms with Crippen molar-refractivity contribution in [2.45, 2.75) is 18.7 Å². The van der Waals surface area contributed by atoms with Crippen molar-refractivity contribution in [3.8, 4) is 0 Å². The second-order valence-corrected chi connectivity index (χ2v) is 7.03. The van der Waals surface area contributed by atoms with Gasteiger partial charge in [0.15, 0.2) is 0 Å². The summed E-state index contributed by atoms with van der Waals surface area (Å²) >= 11 is 0. The second kappa shape index (κ2) is 6.75. The molecule has 1 heterocycles. The van der Waals surface area contributed by atoms with E-state index in [1.165, 1.54) is 6.92 Å². The van der Waals surface area contributed by atoms with Gasteiger partial charge in [-0.3, -0.25) is 9.35 Å². The number of amides is 1. The molecular formula is C16H16NNaO4S. The molecule has 7 heteroatoms. The van der Waals surface area contributed by atoms with Gasteiger partial charge in [0, 0.05) is 11.3 Å². The molecule has 0 spiro atoms. The molecule has 0 radical (unpaired) electrons. The van der Waals surface area contributed by atoms with E-state index in [-0.39, 0.29) is 35.5 Å². The fraction of sp³-hybridized carbons (Fsp3) is 0.188. The quantitative estimate of drug-likeness (QED) is 0.686. The predicted octanol–water partition coefficient (Wildman–Crippen LogP) is 2.15. The van der Waals surface area contributed by atoms with E-state index in [9.17, 15) is 13.2 Å². The van der Waals surface area contributed by atoms with Crippen LogP contribution in [0.2, 0.25) is 0 Å². The van der Waals surface area contributed by atoms with Crippen molar-refractivity contribution in [1.82, 2.24) is 0 Å². The van der Waals surface area contributed by atoms with Crippen molar-refractivity contribution < 1.29 is 17.8 Å². The van der Waals surface area contributed by atoms with Crippen molar-refractivity contribution in [1.29, 1.82) is 0 Å². The van der Waals surface area contributed by atoms with Crippen LogP contribution < -0.4 is 4.90 Å². The van der Waals surface area contributed by atoms with Gasteiger partial charge in [0.25, 0.3) is 16.0 Å².